The van der Waals surface area contributed by atoms with Crippen molar-refractivity contribution in [2.24, 2.45) is 35.0 Å². The van der Waals surface area contributed by atoms with Crippen molar-refractivity contribution in [2.75, 3.05) is 0 Å². The third-order valence-electron chi connectivity index (χ3n) is 6.10. The first-order chi connectivity index (χ1) is 6.11. The van der Waals surface area contributed by atoms with E-state index in [0.717, 1.165) is 35.0 Å². The van der Waals surface area contributed by atoms with Gasteiger partial charge in [-0.2, -0.15) is 0 Å². The molecule has 4 bridgehead atoms. The molecule has 0 heteroatoms. The lowest BCUT2D eigenvalue weighted by Gasteiger charge is -2.63. The standard InChI is InChI=1S/C13H22/c1-8-11-4-10-5-12(6-11)9(2)13(8,3)7-10/h8-12H,4-7H2,1-3H3. The summed E-state index contributed by atoms with van der Waals surface area (Å²) in [7, 11) is 0. The van der Waals surface area contributed by atoms with Crippen molar-refractivity contribution < 1.29 is 0 Å². The van der Waals surface area contributed by atoms with E-state index >= 15 is 0 Å². The summed E-state index contributed by atoms with van der Waals surface area (Å²) in [5.74, 6) is 5.32. The van der Waals surface area contributed by atoms with E-state index in [1.54, 1.807) is 25.7 Å². The van der Waals surface area contributed by atoms with Crippen LogP contribution in [0, 0.1) is 35.0 Å². The summed E-state index contributed by atoms with van der Waals surface area (Å²) in [6.07, 6.45) is 6.25. The normalized spacial score (nSPS) is 64.4. The van der Waals surface area contributed by atoms with E-state index in [9.17, 15) is 0 Å². The van der Waals surface area contributed by atoms with E-state index in [1.807, 2.05) is 0 Å². The van der Waals surface area contributed by atoms with Gasteiger partial charge in [0.25, 0.3) is 0 Å². The quantitative estimate of drug-likeness (QED) is 0.530. The highest BCUT2D eigenvalue weighted by Gasteiger charge is 2.56. The zero-order valence-corrected chi connectivity index (χ0v) is 9.22. The van der Waals surface area contributed by atoms with Crippen LogP contribution in [0.2, 0.25) is 0 Å². The Morgan fingerprint density at radius 2 is 1.46 bits per heavy atom. The van der Waals surface area contributed by atoms with Crippen LogP contribution >= 0.6 is 0 Å². The first-order valence-electron chi connectivity index (χ1n) is 6.11. The minimum absolute atomic E-state index is 0.717. The smallest absolute Gasteiger partial charge is 0.0267 e. The van der Waals surface area contributed by atoms with Crippen LogP contribution < -0.4 is 0 Å². The average Bonchev–Trinajstić information content (AvgIpc) is 2.10. The molecular weight excluding hydrogens is 156 g/mol. The summed E-state index contributed by atoms with van der Waals surface area (Å²) in [6, 6.07) is 0. The molecule has 4 fully saturated rings. The Kier molecular flexibility index (Phi) is 1.49. The SMILES string of the molecule is CC1C2CC3CC(C2)C(C)C1(C)C3. The molecule has 0 saturated heterocycles. The molecule has 4 rings (SSSR count). The molecule has 0 nitrogen and oxygen atoms in total. The Hall–Kier alpha value is 0. The van der Waals surface area contributed by atoms with Gasteiger partial charge in [-0.1, -0.05) is 20.8 Å². The van der Waals surface area contributed by atoms with Gasteiger partial charge in [-0.05, 0) is 60.7 Å². The predicted octanol–water partition coefficient (Wildman–Crippen LogP) is 3.71. The summed E-state index contributed by atoms with van der Waals surface area (Å²) >= 11 is 0. The second-order valence-corrected chi connectivity index (χ2v) is 6.38. The molecule has 0 amide bonds. The van der Waals surface area contributed by atoms with Gasteiger partial charge in [0.05, 0.1) is 0 Å². The highest BCUT2D eigenvalue weighted by atomic mass is 14.6. The third-order valence-corrected chi connectivity index (χ3v) is 6.10. The van der Waals surface area contributed by atoms with Crippen molar-refractivity contribution in [1.82, 2.24) is 0 Å². The fraction of sp³-hybridized carbons (Fsp3) is 1.00. The molecule has 0 radical (unpaired) electrons. The lowest BCUT2D eigenvalue weighted by Crippen LogP contribution is -2.55. The van der Waals surface area contributed by atoms with Crippen molar-refractivity contribution in [3.8, 4) is 0 Å². The Morgan fingerprint density at radius 1 is 0.923 bits per heavy atom. The van der Waals surface area contributed by atoms with Crippen molar-refractivity contribution in [3.63, 3.8) is 0 Å². The zero-order valence-electron chi connectivity index (χ0n) is 9.22. The van der Waals surface area contributed by atoms with Gasteiger partial charge >= 0.3 is 0 Å². The molecular formula is C13H22. The van der Waals surface area contributed by atoms with Crippen molar-refractivity contribution in [2.45, 2.75) is 46.5 Å². The van der Waals surface area contributed by atoms with E-state index in [-0.39, 0.29) is 0 Å². The third kappa shape index (κ3) is 0.877. The predicted molar refractivity (Wildman–Crippen MR) is 55.4 cm³/mol. The van der Waals surface area contributed by atoms with Gasteiger partial charge in [0, 0.05) is 0 Å². The van der Waals surface area contributed by atoms with Crippen LogP contribution in [0.5, 0.6) is 0 Å². The zero-order chi connectivity index (χ0) is 9.22. The topological polar surface area (TPSA) is 0 Å². The van der Waals surface area contributed by atoms with Gasteiger partial charge in [-0.25, -0.2) is 0 Å². The number of hydrogen-bond acceptors (Lipinski definition) is 0. The Bertz CT molecular complexity index is 212. The van der Waals surface area contributed by atoms with Gasteiger partial charge in [0.2, 0.25) is 0 Å². The molecule has 4 unspecified atom stereocenters. The van der Waals surface area contributed by atoms with Crippen LogP contribution in [0.4, 0.5) is 0 Å². The molecule has 0 aromatic carbocycles. The molecule has 0 aliphatic heterocycles. The van der Waals surface area contributed by atoms with Gasteiger partial charge in [0.15, 0.2) is 0 Å². The van der Waals surface area contributed by atoms with E-state index < -0.39 is 0 Å². The average molecular weight is 178 g/mol. The van der Waals surface area contributed by atoms with Crippen LogP contribution in [0.15, 0.2) is 0 Å². The summed E-state index contributed by atoms with van der Waals surface area (Å²) in [5.41, 5.74) is 0.717. The van der Waals surface area contributed by atoms with Crippen LogP contribution in [0.3, 0.4) is 0 Å². The largest absolute Gasteiger partial charge is 0.0617 e. The van der Waals surface area contributed by atoms with Crippen molar-refractivity contribution in [3.05, 3.63) is 0 Å². The Morgan fingerprint density at radius 3 is 2.00 bits per heavy atom. The Labute approximate surface area is 82.1 Å². The van der Waals surface area contributed by atoms with Crippen molar-refractivity contribution >= 4 is 0 Å². The molecule has 74 valence electrons. The molecule has 0 N–H and O–H groups in total. The van der Waals surface area contributed by atoms with Gasteiger partial charge in [0.1, 0.15) is 0 Å². The maximum atomic E-state index is 2.58. The maximum Gasteiger partial charge on any atom is -0.0267 e. The highest BCUT2D eigenvalue weighted by molar-refractivity contribution is 5.05. The van der Waals surface area contributed by atoms with E-state index in [0.29, 0.717) is 0 Å². The lowest BCUT2D eigenvalue weighted by atomic mass is 9.42. The first-order valence-corrected chi connectivity index (χ1v) is 6.11. The molecule has 4 saturated carbocycles. The van der Waals surface area contributed by atoms with E-state index in [2.05, 4.69) is 20.8 Å². The van der Waals surface area contributed by atoms with Gasteiger partial charge in [-0.3, -0.25) is 0 Å². The Balaban J connectivity index is 2.01. The van der Waals surface area contributed by atoms with Gasteiger partial charge in [-0.15, -0.1) is 0 Å². The molecule has 4 atom stereocenters. The van der Waals surface area contributed by atoms with E-state index in [1.165, 1.54) is 0 Å². The minimum Gasteiger partial charge on any atom is -0.0617 e. The number of rotatable bonds is 0. The molecule has 4 aliphatic rings. The highest BCUT2D eigenvalue weighted by Crippen LogP contribution is 2.64. The maximum absolute atomic E-state index is 2.58. The van der Waals surface area contributed by atoms with Gasteiger partial charge < -0.3 is 0 Å². The molecule has 0 aromatic heterocycles. The summed E-state index contributed by atoms with van der Waals surface area (Å²) < 4.78 is 0. The van der Waals surface area contributed by atoms with Crippen LogP contribution in [0.25, 0.3) is 0 Å². The second-order valence-electron chi connectivity index (χ2n) is 6.38. The molecule has 4 aliphatic carbocycles. The minimum atomic E-state index is 0.717. The number of hydrogen-bond donors (Lipinski definition) is 0. The summed E-state index contributed by atoms with van der Waals surface area (Å²) in [5, 5.41) is 0. The first kappa shape index (κ1) is 8.32. The molecule has 0 aromatic rings. The summed E-state index contributed by atoms with van der Waals surface area (Å²) in [6.45, 7) is 7.63. The van der Waals surface area contributed by atoms with E-state index in [4.69, 9.17) is 0 Å². The van der Waals surface area contributed by atoms with Crippen LogP contribution in [-0.2, 0) is 0 Å². The molecule has 0 spiro atoms. The van der Waals surface area contributed by atoms with Crippen LogP contribution in [-0.4, -0.2) is 0 Å². The fourth-order valence-corrected chi connectivity index (χ4v) is 5.00. The second kappa shape index (κ2) is 2.32. The van der Waals surface area contributed by atoms with Crippen LogP contribution in [0.1, 0.15) is 46.5 Å². The van der Waals surface area contributed by atoms with Crippen molar-refractivity contribution in [1.29, 1.82) is 0 Å². The molecule has 13 heavy (non-hydrogen) atoms. The lowest BCUT2D eigenvalue weighted by molar-refractivity contribution is -0.135. The summed E-state index contributed by atoms with van der Waals surface area (Å²) in [4.78, 5) is 0. The fourth-order valence-electron chi connectivity index (χ4n) is 5.00. The monoisotopic (exact) mass is 178 g/mol. The molecule has 0 heterocycles.